The molecule has 0 radical (unpaired) electrons. The summed E-state index contributed by atoms with van der Waals surface area (Å²) in [5.41, 5.74) is 1.43. The highest BCUT2D eigenvalue weighted by atomic mass is 16.4. The summed E-state index contributed by atoms with van der Waals surface area (Å²) in [6, 6.07) is 0.290. The zero-order valence-electron chi connectivity index (χ0n) is 14.5. The average Bonchev–Trinajstić information content (AvgIpc) is 2.87. The fourth-order valence-corrected chi connectivity index (χ4v) is 4.22. The van der Waals surface area contributed by atoms with Crippen molar-refractivity contribution in [1.82, 2.24) is 4.90 Å². The number of hydrogen-bond acceptors (Lipinski definition) is 3. The van der Waals surface area contributed by atoms with Gasteiger partial charge in [-0.25, -0.2) is 0 Å². The topological polar surface area (TPSA) is 50.5 Å². The van der Waals surface area contributed by atoms with Crippen LogP contribution in [0.1, 0.15) is 84.6 Å². The second-order valence-electron chi connectivity index (χ2n) is 7.11. The second kappa shape index (κ2) is 6.50. The molecule has 0 aromatic carbocycles. The third-order valence-electron chi connectivity index (χ3n) is 5.46. The summed E-state index contributed by atoms with van der Waals surface area (Å²) in [6.07, 6.45) is 6.50. The maximum absolute atomic E-state index is 13.1. The van der Waals surface area contributed by atoms with Crippen LogP contribution in [-0.2, 0) is 6.42 Å². The lowest BCUT2D eigenvalue weighted by Gasteiger charge is -2.39. The van der Waals surface area contributed by atoms with Crippen molar-refractivity contribution >= 4 is 11.7 Å². The molecule has 1 aromatic heterocycles. The van der Waals surface area contributed by atoms with Crippen LogP contribution in [0.15, 0.2) is 4.42 Å². The van der Waals surface area contributed by atoms with Gasteiger partial charge in [0.2, 0.25) is 0 Å². The standard InChI is InChI=1S/C19H27NO3/c1-4-7-14-12(2)8-6-11-20(14)19(22)18-13(3)17-15(21)9-5-10-16(17)23-18/h12,14H,4-11H2,1-3H3/t12-,14+/m0/s1. The fourth-order valence-electron chi connectivity index (χ4n) is 4.22. The van der Waals surface area contributed by atoms with E-state index in [1.54, 1.807) is 0 Å². The van der Waals surface area contributed by atoms with Crippen LogP contribution in [0, 0.1) is 12.8 Å². The van der Waals surface area contributed by atoms with Gasteiger partial charge in [0.1, 0.15) is 5.76 Å². The van der Waals surface area contributed by atoms with Crippen LogP contribution >= 0.6 is 0 Å². The van der Waals surface area contributed by atoms with Gasteiger partial charge >= 0.3 is 0 Å². The molecule has 4 nitrogen and oxygen atoms in total. The van der Waals surface area contributed by atoms with E-state index in [2.05, 4.69) is 13.8 Å². The number of amides is 1. The average molecular weight is 317 g/mol. The van der Waals surface area contributed by atoms with Gasteiger partial charge in [-0.2, -0.15) is 0 Å². The molecule has 0 spiro atoms. The van der Waals surface area contributed by atoms with E-state index in [-0.39, 0.29) is 11.7 Å². The predicted octanol–water partition coefficient (Wildman–Crippen LogP) is 4.15. The van der Waals surface area contributed by atoms with E-state index in [1.807, 2.05) is 11.8 Å². The first-order valence-corrected chi connectivity index (χ1v) is 9.01. The van der Waals surface area contributed by atoms with Crippen LogP contribution in [0.2, 0.25) is 0 Å². The highest BCUT2D eigenvalue weighted by molar-refractivity contribution is 6.03. The van der Waals surface area contributed by atoms with E-state index in [9.17, 15) is 9.59 Å². The summed E-state index contributed by atoms with van der Waals surface area (Å²) in [7, 11) is 0. The number of carbonyl (C=O) groups is 2. The Morgan fingerprint density at radius 1 is 1.30 bits per heavy atom. The Morgan fingerprint density at radius 2 is 2.09 bits per heavy atom. The van der Waals surface area contributed by atoms with E-state index < -0.39 is 0 Å². The molecule has 1 aliphatic heterocycles. The van der Waals surface area contributed by atoms with Crippen molar-refractivity contribution in [3.8, 4) is 0 Å². The number of likely N-dealkylation sites (tertiary alicyclic amines) is 1. The van der Waals surface area contributed by atoms with Crippen molar-refractivity contribution in [2.75, 3.05) is 6.54 Å². The number of piperidine rings is 1. The number of fused-ring (bicyclic) bond motifs is 1. The van der Waals surface area contributed by atoms with Crippen LogP contribution in [0.3, 0.4) is 0 Å². The van der Waals surface area contributed by atoms with Gasteiger partial charge in [0.15, 0.2) is 11.5 Å². The molecule has 1 saturated heterocycles. The molecule has 2 heterocycles. The van der Waals surface area contributed by atoms with Gasteiger partial charge in [-0.1, -0.05) is 20.3 Å². The zero-order chi connectivity index (χ0) is 16.6. The molecule has 0 unspecified atom stereocenters. The van der Waals surface area contributed by atoms with Gasteiger partial charge < -0.3 is 9.32 Å². The minimum atomic E-state index is -0.0188. The first kappa shape index (κ1) is 16.3. The third kappa shape index (κ3) is 2.84. The monoisotopic (exact) mass is 317 g/mol. The number of hydrogen-bond donors (Lipinski definition) is 0. The molecular weight excluding hydrogens is 290 g/mol. The van der Waals surface area contributed by atoms with E-state index in [0.717, 1.165) is 50.0 Å². The molecule has 4 heteroatoms. The minimum absolute atomic E-state index is 0.0188. The number of Topliss-reactive ketones (excluding diaryl/α,β-unsaturated/α-hetero) is 1. The van der Waals surface area contributed by atoms with Gasteiger partial charge in [0.25, 0.3) is 5.91 Å². The summed E-state index contributed by atoms with van der Waals surface area (Å²) in [5.74, 6) is 1.76. The molecular formula is C19H27NO3. The molecule has 0 bridgehead atoms. The lowest BCUT2D eigenvalue weighted by molar-refractivity contribution is 0.0463. The summed E-state index contributed by atoms with van der Waals surface area (Å²) < 4.78 is 5.87. The largest absolute Gasteiger partial charge is 0.455 e. The Bertz CT molecular complexity index is 616. The molecule has 1 amide bonds. The van der Waals surface area contributed by atoms with Crippen molar-refractivity contribution in [1.29, 1.82) is 0 Å². The van der Waals surface area contributed by atoms with Crippen molar-refractivity contribution in [2.45, 2.75) is 71.8 Å². The first-order valence-electron chi connectivity index (χ1n) is 9.01. The highest BCUT2D eigenvalue weighted by Crippen LogP contribution is 2.33. The Morgan fingerprint density at radius 3 is 2.78 bits per heavy atom. The molecule has 2 aliphatic rings. The van der Waals surface area contributed by atoms with Crippen LogP contribution < -0.4 is 0 Å². The van der Waals surface area contributed by atoms with Crippen molar-refractivity contribution in [3.05, 3.63) is 22.6 Å². The summed E-state index contributed by atoms with van der Waals surface area (Å²) in [6.45, 7) is 7.07. The summed E-state index contributed by atoms with van der Waals surface area (Å²) >= 11 is 0. The molecule has 126 valence electrons. The van der Waals surface area contributed by atoms with E-state index >= 15 is 0 Å². The highest BCUT2D eigenvalue weighted by Gasteiger charge is 2.36. The molecule has 2 atom stereocenters. The van der Waals surface area contributed by atoms with Gasteiger partial charge in [-0.3, -0.25) is 9.59 Å². The SMILES string of the molecule is CCC[C@@H]1[C@@H](C)CCCN1C(=O)c1oc2c(c1C)C(=O)CCC2. The normalized spacial score (nSPS) is 24.7. The smallest absolute Gasteiger partial charge is 0.290 e. The summed E-state index contributed by atoms with van der Waals surface area (Å²) in [4.78, 5) is 27.2. The van der Waals surface area contributed by atoms with Gasteiger partial charge in [-0.05, 0) is 38.5 Å². The molecule has 23 heavy (non-hydrogen) atoms. The lowest BCUT2D eigenvalue weighted by Crippen LogP contribution is -2.47. The Hall–Kier alpha value is -1.58. The predicted molar refractivity (Wildman–Crippen MR) is 88.8 cm³/mol. The Kier molecular flexibility index (Phi) is 4.60. The number of carbonyl (C=O) groups excluding carboxylic acids is 2. The summed E-state index contributed by atoms with van der Waals surface area (Å²) in [5, 5.41) is 0. The Balaban J connectivity index is 1.92. The van der Waals surface area contributed by atoms with Gasteiger partial charge in [0.05, 0.1) is 5.56 Å². The van der Waals surface area contributed by atoms with E-state index in [4.69, 9.17) is 4.42 Å². The number of furan rings is 1. The van der Waals surface area contributed by atoms with E-state index in [1.165, 1.54) is 6.42 Å². The molecule has 1 fully saturated rings. The maximum atomic E-state index is 13.1. The third-order valence-corrected chi connectivity index (χ3v) is 5.46. The maximum Gasteiger partial charge on any atom is 0.290 e. The molecule has 0 N–H and O–H groups in total. The van der Waals surface area contributed by atoms with Crippen molar-refractivity contribution in [2.24, 2.45) is 5.92 Å². The minimum Gasteiger partial charge on any atom is -0.455 e. The number of rotatable bonds is 3. The quantitative estimate of drug-likeness (QED) is 0.841. The number of nitrogens with zero attached hydrogens (tertiary/aromatic N) is 1. The molecule has 1 aromatic rings. The zero-order valence-corrected chi connectivity index (χ0v) is 14.5. The van der Waals surface area contributed by atoms with Gasteiger partial charge in [0, 0.05) is 31.0 Å². The molecule has 3 rings (SSSR count). The molecule has 0 saturated carbocycles. The lowest BCUT2D eigenvalue weighted by atomic mass is 9.87. The van der Waals surface area contributed by atoms with Crippen LogP contribution in [-0.4, -0.2) is 29.2 Å². The van der Waals surface area contributed by atoms with Crippen LogP contribution in [0.25, 0.3) is 0 Å². The van der Waals surface area contributed by atoms with Crippen molar-refractivity contribution in [3.63, 3.8) is 0 Å². The first-order chi connectivity index (χ1) is 11.0. The second-order valence-corrected chi connectivity index (χ2v) is 7.11. The molecule has 1 aliphatic carbocycles. The van der Waals surface area contributed by atoms with Crippen molar-refractivity contribution < 1.29 is 14.0 Å². The van der Waals surface area contributed by atoms with Gasteiger partial charge in [-0.15, -0.1) is 0 Å². The Labute approximate surface area is 138 Å². The van der Waals surface area contributed by atoms with Crippen LogP contribution in [0.5, 0.6) is 0 Å². The number of aryl methyl sites for hydroxylation is 1. The van der Waals surface area contributed by atoms with Crippen LogP contribution in [0.4, 0.5) is 0 Å². The fraction of sp³-hybridized carbons (Fsp3) is 0.684. The van der Waals surface area contributed by atoms with E-state index in [0.29, 0.717) is 29.7 Å². The number of ketones is 1.